The number of hydrogen-bond donors (Lipinski definition) is 2. The monoisotopic (exact) mass is 216 g/mol. The summed E-state index contributed by atoms with van der Waals surface area (Å²) in [7, 11) is 0. The minimum atomic E-state index is -1.09. The van der Waals surface area contributed by atoms with Gasteiger partial charge >= 0.3 is 6.09 Å². The highest BCUT2D eigenvalue weighted by molar-refractivity contribution is 9.10. The number of carbonyl (C=O) groups is 1. The van der Waals surface area contributed by atoms with Crippen molar-refractivity contribution in [2.45, 2.75) is 0 Å². The fourth-order valence-corrected chi connectivity index (χ4v) is 0.808. The Morgan fingerprint density at radius 2 is 2.36 bits per heavy atom. The highest BCUT2D eigenvalue weighted by Gasteiger charge is 1.96. The van der Waals surface area contributed by atoms with E-state index in [9.17, 15) is 4.79 Å². The summed E-state index contributed by atoms with van der Waals surface area (Å²) in [6.45, 7) is 0. The maximum Gasteiger partial charge on any atom is 0.409 e. The van der Waals surface area contributed by atoms with Gasteiger partial charge in [-0.1, -0.05) is 0 Å². The predicted octanol–water partition coefficient (Wildman–Crippen LogP) is 1.93. The smallest absolute Gasteiger partial charge is 0.409 e. The molecule has 0 radical (unpaired) electrons. The summed E-state index contributed by atoms with van der Waals surface area (Å²) in [5.41, 5.74) is 0.459. The highest BCUT2D eigenvalue weighted by atomic mass is 79.9. The first kappa shape index (κ1) is 8.00. The molecule has 0 spiro atoms. The van der Waals surface area contributed by atoms with Crippen molar-refractivity contribution >= 4 is 27.7 Å². The van der Waals surface area contributed by atoms with Crippen molar-refractivity contribution in [3.05, 3.63) is 22.9 Å². The van der Waals surface area contributed by atoms with Crippen LogP contribution in [0.15, 0.2) is 22.9 Å². The van der Waals surface area contributed by atoms with Gasteiger partial charge in [-0.15, -0.1) is 0 Å². The minimum Gasteiger partial charge on any atom is -0.465 e. The van der Waals surface area contributed by atoms with E-state index >= 15 is 0 Å². The van der Waals surface area contributed by atoms with Gasteiger partial charge in [-0.05, 0) is 28.1 Å². The lowest BCUT2D eigenvalue weighted by atomic mass is 10.4. The fraction of sp³-hybridized carbons (Fsp3) is 0. The van der Waals surface area contributed by atoms with Crippen LogP contribution < -0.4 is 5.32 Å². The van der Waals surface area contributed by atoms with Crippen molar-refractivity contribution in [2.24, 2.45) is 0 Å². The number of halogens is 1. The quantitative estimate of drug-likeness (QED) is 0.706. The molecule has 0 saturated carbocycles. The molecule has 0 aromatic carbocycles. The second-order valence-corrected chi connectivity index (χ2v) is 2.61. The lowest BCUT2D eigenvalue weighted by molar-refractivity contribution is 0.209. The van der Waals surface area contributed by atoms with Crippen LogP contribution >= 0.6 is 15.9 Å². The van der Waals surface area contributed by atoms with Crippen LogP contribution in [0.5, 0.6) is 0 Å². The van der Waals surface area contributed by atoms with Crippen LogP contribution in [0.4, 0.5) is 10.5 Å². The Balaban J connectivity index is 2.74. The molecule has 1 aromatic heterocycles. The molecule has 0 saturated heterocycles. The molecule has 1 amide bonds. The number of carboxylic acid groups (broad SMARTS) is 1. The zero-order valence-corrected chi connectivity index (χ0v) is 7.00. The van der Waals surface area contributed by atoms with Gasteiger partial charge in [-0.3, -0.25) is 5.32 Å². The first-order chi connectivity index (χ1) is 5.18. The molecule has 0 atom stereocenters. The minimum absolute atomic E-state index is 0.459. The van der Waals surface area contributed by atoms with E-state index in [-0.39, 0.29) is 0 Å². The largest absolute Gasteiger partial charge is 0.465 e. The Labute approximate surface area is 71.4 Å². The second kappa shape index (κ2) is 3.34. The Morgan fingerprint density at radius 3 is 2.82 bits per heavy atom. The van der Waals surface area contributed by atoms with Crippen molar-refractivity contribution in [3.8, 4) is 0 Å². The van der Waals surface area contributed by atoms with Crippen LogP contribution in [-0.4, -0.2) is 16.2 Å². The first-order valence-electron chi connectivity index (χ1n) is 2.80. The Kier molecular flexibility index (Phi) is 2.43. The second-order valence-electron chi connectivity index (χ2n) is 1.80. The summed E-state index contributed by atoms with van der Waals surface area (Å²) in [6.07, 6.45) is 0.340. The van der Waals surface area contributed by atoms with E-state index in [2.05, 4.69) is 26.2 Å². The molecule has 0 bridgehead atoms. The van der Waals surface area contributed by atoms with Gasteiger partial charge in [0.25, 0.3) is 0 Å². The van der Waals surface area contributed by atoms with Crippen LogP contribution in [-0.2, 0) is 0 Å². The Hall–Kier alpha value is -1.10. The summed E-state index contributed by atoms with van der Waals surface area (Å²) in [5.74, 6) is 0. The molecular formula is C6H5BrN2O2. The standard InChI is InChI=1S/C6H5BrN2O2/c7-5-2-1-4(3-8-5)9-6(10)11/h1-3,9H,(H,10,11). The Bertz CT molecular complexity index is 260. The molecular weight excluding hydrogens is 212 g/mol. The van der Waals surface area contributed by atoms with E-state index in [1.807, 2.05) is 0 Å². The van der Waals surface area contributed by atoms with Gasteiger partial charge in [-0.25, -0.2) is 9.78 Å². The maximum absolute atomic E-state index is 10.1. The van der Waals surface area contributed by atoms with E-state index in [0.717, 1.165) is 0 Å². The molecule has 1 rings (SSSR count). The summed E-state index contributed by atoms with van der Waals surface area (Å²) < 4.78 is 0.674. The van der Waals surface area contributed by atoms with Gasteiger partial charge in [0.05, 0.1) is 11.9 Å². The van der Waals surface area contributed by atoms with Crippen LogP contribution in [0, 0.1) is 0 Å². The van der Waals surface area contributed by atoms with Gasteiger partial charge in [0.2, 0.25) is 0 Å². The molecule has 0 aliphatic carbocycles. The number of nitrogens with one attached hydrogen (secondary N) is 1. The third kappa shape index (κ3) is 2.55. The van der Waals surface area contributed by atoms with Crippen molar-refractivity contribution in [1.29, 1.82) is 0 Å². The van der Waals surface area contributed by atoms with Gasteiger partial charge < -0.3 is 5.11 Å². The number of hydrogen-bond acceptors (Lipinski definition) is 2. The van der Waals surface area contributed by atoms with Crippen molar-refractivity contribution in [2.75, 3.05) is 5.32 Å². The van der Waals surface area contributed by atoms with Gasteiger partial charge in [0.15, 0.2) is 0 Å². The van der Waals surface area contributed by atoms with Gasteiger partial charge in [0.1, 0.15) is 4.60 Å². The van der Waals surface area contributed by atoms with Gasteiger partial charge in [0, 0.05) is 0 Å². The van der Waals surface area contributed by atoms with Crippen LogP contribution in [0.2, 0.25) is 0 Å². The summed E-state index contributed by atoms with van der Waals surface area (Å²) in [5, 5.41) is 10.5. The number of rotatable bonds is 1. The maximum atomic E-state index is 10.1. The topological polar surface area (TPSA) is 62.2 Å². The lowest BCUT2D eigenvalue weighted by Gasteiger charge is -1.97. The van der Waals surface area contributed by atoms with E-state index in [4.69, 9.17) is 5.11 Å². The molecule has 1 aromatic rings. The number of aromatic nitrogens is 1. The first-order valence-corrected chi connectivity index (χ1v) is 3.59. The molecule has 0 unspecified atom stereocenters. The van der Waals surface area contributed by atoms with Crippen LogP contribution in [0.3, 0.4) is 0 Å². The molecule has 2 N–H and O–H groups in total. The van der Waals surface area contributed by atoms with E-state index < -0.39 is 6.09 Å². The summed E-state index contributed by atoms with van der Waals surface area (Å²) >= 11 is 3.13. The molecule has 4 nitrogen and oxygen atoms in total. The normalized spacial score (nSPS) is 9.18. The SMILES string of the molecule is O=C(O)Nc1ccc(Br)nc1. The van der Waals surface area contributed by atoms with Crippen LogP contribution in [0.1, 0.15) is 0 Å². The van der Waals surface area contributed by atoms with E-state index in [1.54, 1.807) is 12.1 Å². The number of amides is 1. The van der Waals surface area contributed by atoms with Crippen molar-refractivity contribution in [1.82, 2.24) is 4.98 Å². The Morgan fingerprint density at radius 1 is 1.64 bits per heavy atom. The third-order valence-electron chi connectivity index (χ3n) is 0.979. The third-order valence-corrected chi connectivity index (χ3v) is 1.45. The zero-order valence-electron chi connectivity index (χ0n) is 5.41. The average molecular weight is 217 g/mol. The fourth-order valence-electron chi connectivity index (χ4n) is 0.573. The number of pyridine rings is 1. The summed E-state index contributed by atoms with van der Waals surface area (Å²) in [4.78, 5) is 13.9. The summed E-state index contributed by atoms with van der Waals surface area (Å²) in [6, 6.07) is 3.27. The van der Waals surface area contributed by atoms with Crippen molar-refractivity contribution < 1.29 is 9.90 Å². The molecule has 1 heterocycles. The van der Waals surface area contributed by atoms with E-state index in [1.165, 1.54) is 6.20 Å². The van der Waals surface area contributed by atoms with Crippen molar-refractivity contribution in [3.63, 3.8) is 0 Å². The highest BCUT2D eigenvalue weighted by Crippen LogP contribution is 2.09. The van der Waals surface area contributed by atoms with E-state index in [0.29, 0.717) is 10.3 Å². The molecule has 5 heteroatoms. The number of nitrogens with zero attached hydrogens (tertiary/aromatic N) is 1. The average Bonchev–Trinajstić information content (AvgIpc) is 1.93. The van der Waals surface area contributed by atoms with Gasteiger partial charge in [-0.2, -0.15) is 0 Å². The molecule has 0 aliphatic heterocycles. The predicted molar refractivity (Wildman–Crippen MR) is 43.6 cm³/mol. The molecule has 0 aliphatic rings. The number of anilines is 1. The molecule has 11 heavy (non-hydrogen) atoms. The molecule has 0 fully saturated rings. The lowest BCUT2D eigenvalue weighted by Crippen LogP contribution is -2.06. The zero-order chi connectivity index (χ0) is 8.27. The van der Waals surface area contributed by atoms with Crippen LogP contribution in [0.25, 0.3) is 0 Å². The molecule has 58 valence electrons.